The Kier molecular flexibility index (Phi) is 5.60. The smallest absolute Gasteiger partial charge is 0.263 e. The third-order valence-electron chi connectivity index (χ3n) is 6.12. The van der Waals surface area contributed by atoms with Gasteiger partial charge in [0, 0.05) is 31.7 Å². The Morgan fingerprint density at radius 1 is 1.18 bits per heavy atom. The van der Waals surface area contributed by atoms with Gasteiger partial charge in [0.2, 0.25) is 0 Å². The zero-order chi connectivity index (χ0) is 19.7. The van der Waals surface area contributed by atoms with Gasteiger partial charge in [-0.3, -0.25) is 9.69 Å². The van der Waals surface area contributed by atoms with Crippen molar-refractivity contribution in [2.75, 3.05) is 33.9 Å². The zero-order valence-corrected chi connectivity index (χ0v) is 17.6. The van der Waals surface area contributed by atoms with Crippen LogP contribution in [0.25, 0.3) is 0 Å². The maximum Gasteiger partial charge on any atom is 0.263 e. The van der Waals surface area contributed by atoms with Gasteiger partial charge in [0.25, 0.3) is 5.91 Å². The zero-order valence-electron chi connectivity index (χ0n) is 16.8. The van der Waals surface area contributed by atoms with Crippen LogP contribution >= 0.6 is 11.3 Å². The maximum atomic E-state index is 12.8. The fraction of sp³-hybridized carbons (Fsp3) is 0.500. The van der Waals surface area contributed by atoms with E-state index in [9.17, 15) is 4.79 Å². The quantitative estimate of drug-likeness (QED) is 0.778. The summed E-state index contributed by atoms with van der Waals surface area (Å²) in [6, 6.07) is 8.82. The van der Waals surface area contributed by atoms with Crippen molar-refractivity contribution in [2.45, 2.75) is 38.3 Å². The predicted molar refractivity (Wildman–Crippen MR) is 112 cm³/mol. The van der Waals surface area contributed by atoms with Gasteiger partial charge >= 0.3 is 0 Å². The van der Waals surface area contributed by atoms with Gasteiger partial charge in [0.15, 0.2) is 11.5 Å². The van der Waals surface area contributed by atoms with E-state index in [1.807, 2.05) is 22.4 Å². The van der Waals surface area contributed by atoms with Crippen LogP contribution in [0.15, 0.2) is 29.6 Å². The molecule has 0 saturated carbocycles. The third-order valence-corrected chi connectivity index (χ3v) is 6.97. The Hall–Kier alpha value is -2.05. The average molecular weight is 401 g/mol. The van der Waals surface area contributed by atoms with Crippen molar-refractivity contribution in [3.8, 4) is 11.5 Å². The molecule has 1 saturated heterocycles. The van der Waals surface area contributed by atoms with Crippen LogP contribution in [0, 0.1) is 0 Å². The fourth-order valence-electron chi connectivity index (χ4n) is 4.63. The average Bonchev–Trinajstić information content (AvgIpc) is 3.27. The van der Waals surface area contributed by atoms with Gasteiger partial charge in [-0.2, -0.15) is 0 Å². The van der Waals surface area contributed by atoms with Gasteiger partial charge in [-0.15, -0.1) is 11.3 Å². The first kappa shape index (κ1) is 19.3. The number of likely N-dealkylation sites (tertiary alicyclic amines) is 1. The van der Waals surface area contributed by atoms with Crippen LogP contribution in [-0.4, -0.2) is 55.6 Å². The molecule has 1 aromatic heterocycles. The molecule has 0 aliphatic carbocycles. The number of carbonyl (C=O) groups excluding carboxylic acids is 1. The summed E-state index contributed by atoms with van der Waals surface area (Å²) in [5.74, 6) is 1.76. The van der Waals surface area contributed by atoms with E-state index in [-0.39, 0.29) is 5.91 Å². The van der Waals surface area contributed by atoms with E-state index in [0.29, 0.717) is 12.1 Å². The monoisotopic (exact) mass is 400 g/mol. The Morgan fingerprint density at radius 3 is 2.68 bits per heavy atom. The van der Waals surface area contributed by atoms with Crippen molar-refractivity contribution in [3.63, 3.8) is 0 Å². The Balaban J connectivity index is 1.53. The second-order valence-corrected chi connectivity index (χ2v) is 8.54. The molecule has 2 aliphatic heterocycles. The number of ether oxygens (including phenoxy) is 2. The molecule has 5 nitrogen and oxygen atoms in total. The minimum Gasteiger partial charge on any atom is -0.493 e. The van der Waals surface area contributed by atoms with Crippen LogP contribution < -0.4 is 9.47 Å². The molecule has 1 aromatic carbocycles. The van der Waals surface area contributed by atoms with Crippen molar-refractivity contribution in [3.05, 3.63) is 45.6 Å². The first-order valence-corrected chi connectivity index (χ1v) is 10.8. The van der Waals surface area contributed by atoms with Crippen molar-refractivity contribution in [2.24, 2.45) is 0 Å². The highest BCUT2D eigenvalue weighted by molar-refractivity contribution is 7.12. The summed E-state index contributed by atoms with van der Waals surface area (Å²) in [6.45, 7) is 4.94. The number of fused-ring (bicyclic) bond motifs is 1. The van der Waals surface area contributed by atoms with Gasteiger partial charge in [-0.25, -0.2) is 0 Å². The minimum absolute atomic E-state index is 0.177. The summed E-state index contributed by atoms with van der Waals surface area (Å²) in [5, 5.41) is 1.97. The molecular formula is C22H28N2O3S. The van der Waals surface area contributed by atoms with Gasteiger partial charge < -0.3 is 14.4 Å². The van der Waals surface area contributed by atoms with Crippen LogP contribution in [-0.2, 0) is 6.42 Å². The highest BCUT2D eigenvalue weighted by Crippen LogP contribution is 2.39. The molecule has 0 bridgehead atoms. The van der Waals surface area contributed by atoms with E-state index in [0.717, 1.165) is 55.3 Å². The lowest BCUT2D eigenvalue weighted by Crippen LogP contribution is -2.52. The molecule has 2 aliphatic rings. The van der Waals surface area contributed by atoms with Crippen LogP contribution in [0.5, 0.6) is 11.5 Å². The number of nitrogens with zero attached hydrogens (tertiary/aromatic N) is 2. The molecule has 1 amide bonds. The SMILES string of the molecule is COc1cc2c(cc1OC)C(C)N(C1CCCN(C(=O)c3cccs3)C1)CC2. The van der Waals surface area contributed by atoms with Crippen molar-refractivity contribution >= 4 is 17.2 Å². The number of amides is 1. The van der Waals surface area contributed by atoms with Gasteiger partial charge in [0.05, 0.1) is 19.1 Å². The largest absolute Gasteiger partial charge is 0.493 e. The predicted octanol–water partition coefficient (Wildman–Crippen LogP) is 3.99. The third kappa shape index (κ3) is 3.51. The Morgan fingerprint density at radius 2 is 1.96 bits per heavy atom. The highest BCUT2D eigenvalue weighted by atomic mass is 32.1. The number of benzene rings is 1. The van der Waals surface area contributed by atoms with E-state index in [4.69, 9.17) is 9.47 Å². The van der Waals surface area contributed by atoms with E-state index in [2.05, 4.69) is 24.0 Å². The molecule has 2 aromatic rings. The molecule has 4 rings (SSSR count). The highest BCUT2D eigenvalue weighted by Gasteiger charge is 2.34. The molecule has 2 atom stereocenters. The number of carbonyl (C=O) groups is 1. The number of rotatable bonds is 4. The van der Waals surface area contributed by atoms with Crippen LogP contribution in [0.3, 0.4) is 0 Å². The maximum absolute atomic E-state index is 12.8. The minimum atomic E-state index is 0.177. The number of thiophene rings is 1. The van der Waals surface area contributed by atoms with Crippen LogP contribution in [0.1, 0.15) is 46.6 Å². The van der Waals surface area contributed by atoms with E-state index in [1.54, 1.807) is 14.2 Å². The van der Waals surface area contributed by atoms with E-state index in [1.165, 1.54) is 22.5 Å². The molecule has 6 heteroatoms. The van der Waals surface area contributed by atoms with Crippen LogP contribution in [0.4, 0.5) is 0 Å². The molecule has 0 radical (unpaired) electrons. The Labute approximate surface area is 170 Å². The number of piperidine rings is 1. The van der Waals surface area contributed by atoms with Gasteiger partial charge in [0.1, 0.15) is 0 Å². The van der Waals surface area contributed by atoms with Gasteiger partial charge in [-0.1, -0.05) is 6.07 Å². The first-order valence-electron chi connectivity index (χ1n) is 9.95. The summed E-state index contributed by atoms with van der Waals surface area (Å²) < 4.78 is 11.0. The topological polar surface area (TPSA) is 42.0 Å². The molecule has 2 unspecified atom stereocenters. The summed E-state index contributed by atoms with van der Waals surface area (Å²) in [5.41, 5.74) is 2.65. The molecule has 28 heavy (non-hydrogen) atoms. The van der Waals surface area contributed by atoms with E-state index >= 15 is 0 Å². The Bertz CT molecular complexity index is 837. The molecule has 0 N–H and O–H groups in total. The first-order chi connectivity index (χ1) is 13.6. The van der Waals surface area contributed by atoms with Crippen molar-refractivity contribution in [1.29, 1.82) is 0 Å². The summed E-state index contributed by atoms with van der Waals surface area (Å²) in [4.78, 5) is 18.3. The van der Waals surface area contributed by atoms with Crippen molar-refractivity contribution < 1.29 is 14.3 Å². The van der Waals surface area contributed by atoms with Gasteiger partial charge in [-0.05, 0) is 60.9 Å². The fourth-order valence-corrected chi connectivity index (χ4v) is 5.32. The molecule has 0 spiro atoms. The summed E-state index contributed by atoms with van der Waals surface area (Å²) in [6.07, 6.45) is 3.19. The summed E-state index contributed by atoms with van der Waals surface area (Å²) in [7, 11) is 3.37. The summed E-state index contributed by atoms with van der Waals surface area (Å²) >= 11 is 1.53. The molecule has 3 heterocycles. The number of hydrogen-bond acceptors (Lipinski definition) is 5. The number of hydrogen-bond donors (Lipinski definition) is 0. The standard InChI is InChI=1S/C22H28N2O3S/c1-15-18-13-20(27-3)19(26-2)12-16(18)8-10-24(15)17-6-4-9-23(14-17)22(25)21-7-5-11-28-21/h5,7,11-13,15,17H,4,6,8-10,14H2,1-3H3. The van der Waals surface area contributed by atoms with E-state index < -0.39 is 0 Å². The second-order valence-electron chi connectivity index (χ2n) is 7.59. The molecule has 150 valence electrons. The lowest BCUT2D eigenvalue weighted by molar-refractivity contribution is 0.0469. The van der Waals surface area contributed by atoms with Crippen LogP contribution in [0.2, 0.25) is 0 Å². The molecule has 1 fully saturated rings. The lowest BCUT2D eigenvalue weighted by atomic mass is 9.90. The normalized spacial score (nSPS) is 22.6. The lowest BCUT2D eigenvalue weighted by Gasteiger charge is -2.45. The number of methoxy groups -OCH3 is 2. The second kappa shape index (κ2) is 8.13. The molecular weight excluding hydrogens is 372 g/mol. The van der Waals surface area contributed by atoms with Crippen molar-refractivity contribution in [1.82, 2.24) is 9.80 Å².